The van der Waals surface area contributed by atoms with Gasteiger partial charge in [-0.3, -0.25) is 0 Å². The van der Waals surface area contributed by atoms with Crippen LogP contribution in [0.15, 0.2) is 0 Å². The normalized spacial score (nSPS) is 16.8. The highest BCUT2D eigenvalue weighted by molar-refractivity contribution is 9.09. The Labute approximate surface area is 60.2 Å². The van der Waals surface area contributed by atoms with Crippen molar-refractivity contribution in [3.63, 3.8) is 0 Å². The monoisotopic (exact) mass is 198 g/mol. The molecule has 0 aromatic rings. The molecular weight excluding hydrogens is 192 g/mol. The third kappa shape index (κ3) is 2.78. The van der Waals surface area contributed by atoms with Gasteiger partial charge in [0, 0.05) is 5.33 Å². The van der Waals surface area contributed by atoms with Gasteiger partial charge in [-0.1, -0.05) is 15.9 Å². The van der Waals surface area contributed by atoms with E-state index in [2.05, 4.69) is 15.9 Å². The first-order valence-corrected chi connectivity index (χ1v) is 3.36. The Balaban J connectivity index is 3.72. The smallest absolute Gasteiger partial charge is 0.335 e. The lowest BCUT2D eigenvalue weighted by molar-refractivity contribution is -0.151. The van der Waals surface area contributed by atoms with Crippen molar-refractivity contribution in [2.75, 3.05) is 5.33 Å². The summed E-state index contributed by atoms with van der Waals surface area (Å²) in [7, 11) is 0. The van der Waals surface area contributed by atoms with E-state index in [0.29, 0.717) is 0 Å². The quantitative estimate of drug-likeness (QED) is 0.519. The van der Waals surface area contributed by atoms with Crippen LogP contribution in [0.3, 0.4) is 0 Å². The molecule has 3 N–H and O–H groups in total. The Hall–Kier alpha value is -0.130. The molecule has 54 valence electrons. The Morgan fingerprint density at radius 1 is 1.56 bits per heavy atom. The van der Waals surface area contributed by atoms with Crippen molar-refractivity contribution in [1.82, 2.24) is 0 Å². The molecule has 2 atom stereocenters. The third-order valence-electron chi connectivity index (χ3n) is 0.776. The van der Waals surface area contributed by atoms with Crippen LogP contribution in [0, 0.1) is 0 Å². The lowest BCUT2D eigenvalue weighted by Gasteiger charge is -2.08. The van der Waals surface area contributed by atoms with Crippen LogP contribution < -0.4 is 0 Å². The van der Waals surface area contributed by atoms with Crippen molar-refractivity contribution in [3.8, 4) is 0 Å². The lowest BCUT2D eigenvalue weighted by atomic mass is 10.2. The van der Waals surface area contributed by atoms with Crippen molar-refractivity contribution in [2.45, 2.75) is 12.2 Å². The molecule has 5 heteroatoms. The highest BCUT2D eigenvalue weighted by Crippen LogP contribution is 1.96. The van der Waals surface area contributed by atoms with Gasteiger partial charge in [-0.2, -0.15) is 0 Å². The predicted octanol–water partition coefficient (Wildman–Crippen LogP) is -0.812. The van der Waals surface area contributed by atoms with Gasteiger partial charge >= 0.3 is 5.97 Å². The molecule has 0 aromatic carbocycles. The minimum atomic E-state index is -1.69. The molecule has 0 heterocycles. The topological polar surface area (TPSA) is 77.8 Å². The van der Waals surface area contributed by atoms with E-state index in [1.807, 2.05) is 0 Å². The summed E-state index contributed by atoms with van der Waals surface area (Å²) >= 11 is 2.81. The first kappa shape index (κ1) is 8.87. The summed E-state index contributed by atoms with van der Waals surface area (Å²) in [5, 5.41) is 25.2. The van der Waals surface area contributed by atoms with E-state index in [4.69, 9.17) is 15.3 Å². The SMILES string of the molecule is O=C(O)[C@H](O)[C@@H](O)CBr. The molecule has 0 saturated heterocycles. The lowest BCUT2D eigenvalue weighted by Crippen LogP contribution is -2.34. The molecule has 0 rings (SSSR count). The first-order valence-electron chi connectivity index (χ1n) is 2.24. The molecule has 9 heavy (non-hydrogen) atoms. The van der Waals surface area contributed by atoms with Gasteiger partial charge in [-0.25, -0.2) is 4.79 Å². The second-order valence-electron chi connectivity index (χ2n) is 1.50. The maximum atomic E-state index is 9.87. The minimum absolute atomic E-state index is 0.0560. The number of aliphatic hydroxyl groups excluding tert-OH is 2. The number of carboxylic acids is 1. The fourth-order valence-electron chi connectivity index (χ4n) is 0.249. The van der Waals surface area contributed by atoms with Crippen molar-refractivity contribution in [1.29, 1.82) is 0 Å². The summed E-state index contributed by atoms with van der Waals surface area (Å²) in [5.74, 6) is -1.41. The van der Waals surface area contributed by atoms with Gasteiger partial charge in [0.15, 0.2) is 6.10 Å². The summed E-state index contributed by atoms with van der Waals surface area (Å²) in [6, 6.07) is 0. The van der Waals surface area contributed by atoms with Crippen LogP contribution in [0.25, 0.3) is 0 Å². The molecule has 0 aliphatic heterocycles. The average molecular weight is 199 g/mol. The Kier molecular flexibility index (Phi) is 3.76. The molecule has 0 aliphatic carbocycles. The molecule has 0 spiro atoms. The number of carbonyl (C=O) groups is 1. The molecule has 0 saturated carbocycles. The fourth-order valence-corrected chi connectivity index (χ4v) is 0.603. The molecule has 4 nitrogen and oxygen atoms in total. The van der Waals surface area contributed by atoms with E-state index in [1.165, 1.54) is 0 Å². The molecule has 0 radical (unpaired) electrons. The number of carboxylic acid groups (broad SMARTS) is 1. The van der Waals surface area contributed by atoms with Gasteiger partial charge < -0.3 is 15.3 Å². The van der Waals surface area contributed by atoms with Gasteiger partial charge in [-0.15, -0.1) is 0 Å². The van der Waals surface area contributed by atoms with Crippen molar-refractivity contribution < 1.29 is 20.1 Å². The number of halogens is 1. The standard InChI is InChI=1S/C4H7BrO4/c5-1-2(6)3(7)4(8)9/h2-3,6-7H,1H2,(H,8,9)/t2-,3+/m0/s1. The third-order valence-corrected chi connectivity index (χ3v) is 1.44. The Bertz CT molecular complexity index is 105. The molecule has 0 aliphatic rings. The highest BCUT2D eigenvalue weighted by atomic mass is 79.9. The van der Waals surface area contributed by atoms with E-state index in [0.717, 1.165) is 0 Å². The zero-order valence-corrected chi connectivity index (χ0v) is 6.08. The van der Waals surface area contributed by atoms with Gasteiger partial charge in [-0.05, 0) is 0 Å². The van der Waals surface area contributed by atoms with Crippen LogP contribution in [0.4, 0.5) is 0 Å². The first-order chi connectivity index (χ1) is 4.09. The molecule has 0 amide bonds. The van der Waals surface area contributed by atoms with Crippen molar-refractivity contribution in [3.05, 3.63) is 0 Å². The summed E-state index contributed by atoms with van der Waals surface area (Å²) in [4.78, 5) is 9.87. The average Bonchev–Trinajstić information content (AvgIpc) is 1.84. The largest absolute Gasteiger partial charge is 0.479 e. The number of aliphatic carboxylic acids is 1. The molecule has 0 bridgehead atoms. The Morgan fingerprint density at radius 2 is 2.00 bits per heavy atom. The number of alkyl halides is 1. The summed E-state index contributed by atoms with van der Waals surface area (Å²) in [6.07, 6.45) is -2.92. The van der Waals surface area contributed by atoms with Gasteiger partial charge in [0.2, 0.25) is 0 Å². The predicted molar refractivity (Wildman–Crippen MR) is 33.4 cm³/mol. The molecule has 0 unspecified atom stereocenters. The van der Waals surface area contributed by atoms with Crippen LogP contribution >= 0.6 is 15.9 Å². The Morgan fingerprint density at radius 3 is 2.11 bits per heavy atom. The second-order valence-corrected chi connectivity index (χ2v) is 2.15. The van der Waals surface area contributed by atoms with E-state index in [1.54, 1.807) is 0 Å². The van der Waals surface area contributed by atoms with Crippen LogP contribution in [0.2, 0.25) is 0 Å². The molecule has 0 aromatic heterocycles. The van der Waals surface area contributed by atoms with Gasteiger partial charge in [0.05, 0.1) is 0 Å². The maximum absolute atomic E-state index is 9.87. The van der Waals surface area contributed by atoms with E-state index < -0.39 is 18.2 Å². The number of hydrogen-bond donors (Lipinski definition) is 3. The summed E-state index contributed by atoms with van der Waals surface area (Å²) < 4.78 is 0. The number of aliphatic hydroxyl groups is 2. The molecule has 0 fully saturated rings. The zero-order chi connectivity index (χ0) is 7.44. The fraction of sp³-hybridized carbons (Fsp3) is 0.750. The second kappa shape index (κ2) is 3.81. The maximum Gasteiger partial charge on any atom is 0.335 e. The number of hydrogen-bond acceptors (Lipinski definition) is 3. The van der Waals surface area contributed by atoms with Gasteiger partial charge in [0.1, 0.15) is 6.10 Å². The van der Waals surface area contributed by atoms with E-state index in [-0.39, 0.29) is 5.33 Å². The van der Waals surface area contributed by atoms with Crippen molar-refractivity contribution >= 4 is 21.9 Å². The van der Waals surface area contributed by atoms with Gasteiger partial charge in [0.25, 0.3) is 0 Å². The zero-order valence-electron chi connectivity index (χ0n) is 4.49. The van der Waals surface area contributed by atoms with Crippen LogP contribution in [-0.4, -0.2) is 38.8 Å². The number of rotatable bonds is 3. The van der Waals surface area contributed by atoms with Crippen LogP contribution in [0.5, 0.6) is 0 Å². The highest BCUT2D eigenvalue weighted by Gasteiger charge is 2.21. The van der Waals surface area contributed by atoms with Crippen molar-refractivity contribution in [2.24, 2.45) is 0 Å². The van der Waals surface area contributed by atoms with Crippen LogP contribution in [-0.2, 0) is 4.79 Å². The molecular formula is C4H7BrO4. The van der Waals surface area contributed by atoms with Crippen LogP contribution in [0.1, 0.15) is 0 Å². The minimum Gasteiger partial charge on any atom is -0.479 e. The van der Waals surface area contributed by atoms with E-state index >= 15 is 0 Å². The summed E-state index contributed by atoms with van der Waals surface area (Å²) in [6.45, 7) is 0. The van der Waals surface area contributed by atoms with E-state index in [9.17, 15) is 4.79 Å². The summed E-state index contributed by atoms with van der Waals surface area (Å²) in [5.41, 5.74) is 0.